The molecule has 3 unspecified atom stereocenters. The molecule has 8 heteroatoms. The molecule has 0 saturated carbocycles. The number of anilines is 2. The second-order valence-electron chi connectivity index (χ2n) is 9.77. The molecule has 0 radical (unpaired) electrons. The molecule has 0 amide bonds. The van der Waals surface area contributed by atoms with Gasteiger partial charge in [0.2, 0.25) is 0 Å². The number of nitrogens with one attached hydrogen (secondary N) is 1. The maximum Gasteiger partial charge on any atom is 0.154 e. The normalized spacial score (nSPS) is 22.8. The third-order valence-corrected chi connectivity index (χ3v) is 7.01. The molecule has 180 valence electrons. The lowest BCUT2D eigenvalue weighted by molar-refractivity contribution is 0.405. The predicted molar refractivity (Wildman–Crippen MR) is 136 cm³/mol. The number of rotatable bonds is 4. The summed E-state index contributed by atoms with van der Waals surface area (Å²) in [5, 5.41) is 8.56. The van der Waals surface area contributed by atoms with Crippen LogP contribution in [-0.2, 0) is 0 Å². The van der Waals surface area contributed by atoms with E-state index in [1.807, 2.05) is 35.0 Å². The molecule has 2 aliphatic rings. The smallest absolute Gasteiger partial charge is 0.154 e. The molecular formula is C27H30FN7. The summed E-state index contributed by atoms with van der Waals surface area (Å²) in [4.78, 5) is 14.2. The number of fused-ring (bicyclic) bond motifs is 1. The average Bonchev–Trinajstić information content (AvgIpc) is 3.51. The van der Waals surface area contributed by atoms with Crippen LogP contribution in [0, 0.1) is 5.82 Å². The highest BCUT2D eigenvalue weighted by Crippen LogP contribution is 2.35. The molecule has 5 heterocycles. The van der Waals surface area contributed by atoms with Crippen LogP contribution in [0.5, 0.6) is 0 Å². The van der Waals surface area contributed by atoms with Gasteiger partial charge in [-0.3, -0.25) is 0 Å². The van der Waals surface area contributed by atoms with Crippen molar-refractivity contribution in [3.63, 3.8) is 0 Å². The summed E-state index contributed by atoms with van der Waals surface area (Å²) < 4.78 is 15.8. The van der Waals surface area contributed by atoms with E-state index in [4.69, 9.17) is 10.1 Å². The Balaban J connectivity index is 1.34. The fraction of sp³-hybridized carbons (Fsp3) is 0.370. The minimum Gasteiger partial charge on any atom is -0.353 e. The largest absolute Gasteiger partial charge is 0.353 e. The summed E-state index contributed by atoms with van der Waals surface area (Å²) in [6.07, 6.45) is 3.86. The Morgan fingerprint density at radius 2 is 1.80 bits per heavy atom. The van der Waals surface area contributed by atoms with Crippen molar-refractivity contribution in [1.29, 1.82) is 0 Å². The van der Waals surface area contributed by atoms with Crippen molar-refractivity contribution in [3.8, 4) is 11.4 Å². The highest BCUT2D eigenvalue weighted by Gasteiger charge is 2.28. The number of benzene rings is 1. The number of nitrogens with zero attached hydrogens (tertiary/aromatic N) is 6. The number of imidazole rings is 1. The molecule has 0 spiro atoms. The standard InChI is InChI=1S/C27H30FN7/c1-18-16-33(17-19(2)30-18)26-10-4-8-22(31-26)24-15-29-25-11-12-27(32-35(24)25)34-13-5-9-23(34)20-6-3-7-21(28)14-20/h3-4,6-8,10-12,14-15,18-19,23,30H,5,9,13,16-17H2,1-2H3. The molecule has 0 bridgehead atoms. The average molecular weight is 472 g/mol. The second kappa shape index (κ2) is 8.92. The molecule has 6 rings (SSSR count). The number of hydrogen-bond donors (Lipinski definition) is 1. The van der Waals surface area contributed by atoms with Crippen molar-refractivity contribution in [2.45, 2.75) is 44.8 Å². The van der Waals surface area contributed by atoms with E-state index in [1.54, 1.807) is 12.1 Å². The van der Waals surface area contributed by atoms with Crippen molar-refractivity contribution in [2.24, 2.45) is 0 Å². The highest BCUT2D eigenvalue weighted by atomic mass is 19.1. The number of hydrogen-bond acceptors (Lipinski definition) is 6. The van der Waals surface area contributed by atoms with Crippen LogP contribution < -0.4 is 15.1 Å². The lowest BCUT2D eigenvalue weighted by Crippen LogP contribution is -2.54. The van der Waals surface area contributed by atoms with E-state index in [0.29, 0.717) is 12.1 Å². The molecule has 2 fully saturated rings. The first-order valence-electron chi connectivity index (χ1n) is 12.4. The monoisotopic (exact) mass is 471 g/mol. The fourth-order valence-electron chi connectivity index (χ4n) is 5.55. The summed E-state index contributed by atoms with van der Waals surface area (Å²) in [6, 6.07) is 18.0. The van der Waals surface area contributed by atoms with E-state index in [1.165, 1.54) is 6.07 Å². The zero-order valence-corrected chi connectivity index (χ0v) is 20.1. The summed E-state index contributed by atoms with van der Waals surface area (Å²) in [7, 11) is 0. The van der Waals surface area contributed by atoms with E-state index >= 15 is 0 Å². The third kappa shape index (κ3) is 4.23. The Labute approximate surface area is 204 Å². The van der Waals surface area contributed by atoms with Crippen molar-refractivity contribution < 1.29 is 4.39 Å². The van der Waals surface area contributed by atoms with Gasteiger partial charge in [-0.05, 0) is 68.7 Å². The van der Waals surface area contributed by atoms with Crippen LogP contribution in [-0.4, -0.2) is 51.3 Å². The molecule has 3 atom stereocenters. The Bertz CT molecular complexity index is 1340. The zero-order valence-electron chi connectivity index (χ0n) is 20.1. The van der Waals surface area contributed by atoms with Crippen LogP contribution in [0.1, 0.15) is 38.3 Å². The predicted octanol–water partition coefficient (Wildman–Crippen LogP) is 4.46. The van der Waals surface area contributed by atoms with E-state index in [2.05, 4.69) is 46.1 Å². The van der Waals surface area contributed by atoms with Crippen LogP contribution >= 0.6 is 0 Å². The van der Waals surface area contributed by atoms with Gasteiger partial charge < -0.3 is 15.1 Å². The van der Waals surface area contributed by atoms with E-state index in [9.17, 15) is 4.39 Å². The van der Waals surface area contributed by atoms with Gasteiger partial charge >= 0.3 is 0 Å². The fourth-order valence-corrected chi connectivity index (χ4v) is 5.55. The van der Waals surface area contributed by atoms with Gasteiger partial charge in [-0.1, -0.05) is 18.2 Å². The first kappa shape index (κ1) is 22.0. The van der Waals surface area contributed by atoms with Gasteiger partial charge in [0.25, 0.3) is 0 Å². The quantitative estimate of drug-likeness (QED) is 0.474. The molecule has 2 saturated heterocycles. The Hall–Kier alpha value is -3.52. The van der Waals surface area contributed by atoms with Crippen LogP contribution in [0.25, 0.3) is 17.0 Å². The molecule has 35 heavy (non-hydrogen) atoms. The maximum atomic E-state index is 13.9. The topological polar surface area (TPSA) is 61.6 Å². The van der Waals surface area contributed by atoms with E-state index in [-0.39, 0.29) is 11.9 Å². The van der Waals surface area contributed by atoms with Crippen molar-refractivity contribution in [2.75, 3.05) is 29.4 Å². The van der Waals surface area contributed by atoms with Gasteiger partial charge in [-0.25, -0.2) is 18.9 Å². The molecule has 2 aliphatic heterocycles. The van der Waals surface area contributed by atoms with Crippen molar-refractivity contribution >= 4 is 17.3 Å². The Morgan fingerprint density at radius 1 is 0.971 bits per heavy atom. The minimum atomic E-state index is -0.200. The number of aromatic nitrogens is 4. The van der Waals surface area contributed by atoms with Gasteiger partial charge in [0, 0.05) is 31.7 Å². The van der Waals surface area contributed by atoms with Crippen LogP contribution in [0.4, 0.5) is 16.0 Å². The Morgan fingerprint density at radius 3 is 2.63 bits per heavy atom. The molecule has 3 aromatic heterocycles. The second-order valence-corrected chi connectivity index (χ2v) is 9.77. The molecule has 0 aliphatic carbocycles. The lowest BCUT2D eigenvalue weighted by atomic mass is 10.0. The molecule has 1 aromatic carbocycles. The first-order valence-corrected chi connectivity index (χ1v) is 12.4. The number of piperazine rings is 1. The van der Waals surface area contributed by atoms with E-state index in [0.717, 1.165) is 66.7 Å². The van der Waals surface area contributed by atoms with Crippen LogP contribution in [0.3, 0.4) is 0 Å². The van der Waals surface area contributed by atoms with Crippen LogP contribution in [0.2, 0.25) is 0 Å². The molecule has 1 N–H and O–H groups in total. The van der Waals surface area contributed by atoms with Gasteiger partial charge in [0.05, 0.1) is 17.9 Å². The molecule has 4 aromatic rings. The lowest BCUT2D eigenvalue weighted by Gasteiger charge is -2.37. The Kier molecular flexibility index (Phi) is 5.60. The summed E-state index contributed by atoms with van der Waals surface area (Å²) in [5.74, 6) is 1.64. The minimum absolute atomic E-state index is 0.112. The van der Waals surface area contributed by atoms with Gasteiger partial charge in [-0.2, -0.15) is 0 Å². The first-order chi connectivity index (χ1) is 17.0. The van der Waals surface area contributed by atoms with Gasteiger partial charge in [-0.15, -0.1) is 5.10 Å². The number of pyridine rings is 1. The number of halogens is 1. The third-order valence-electron chi connectivity index (χ3n) is 7.01. The maximum absolute atomic E-state index is 13.9. The summed E-state index contributed by atoms with van der Waals surface area (Å²) >= 11 is 0. The summed E-state index contributed by atoms with van der Waals surface area (Å²) in [6.45, 7) is 7.14. The van der Waals surface area contributed by atoms with Crippen molar-refractivity contribution in [3.05, 3.63) is 72.2 Å². The van der Waals surface area contributed by atoms with Gasteiger partial charge in [0.1, 0.15) is 23.1 Å². The zero-order chi connectivity index (χ0) is 23.9. The summed E-state index contributed by atoms with van der Waals surface area (Å²) in [5.41, 5.74) is 3.48. The van der Waals surface area contributed by atoms with E-state index < -0.39 is 0 Å². The SMILES string of the molecule is CC1CN(c2cccc(-c3cnc4ccc(N5CCCC5c5cccc(F)c5)nn34)n2)CC(C)N1. The van der Waals surface area contributed by atoms with Crippen LogP contribution in [0.15, 0.2) is 60.8 Å². The molecular weight excluding hydrogens is 441 g/mol. The molecule has 7 nitrogen and oxygen atoms in total. The highest BCUT2D eigenvalue weighted by molar-refractivity contribution is 5.63. The van der Waals surface area contributed by atoms with Crippen molar-refractivity contribution in [1.82, 2.24) is 24.9 Å². The van der Waals surface area contributed by atoms with Gasteiger partial charge in [0.15, 0.2) is 5.65 Å².